The highest BCUT2D eigenvalue weighted by molar-refractivity contribution is 5.87. The Morgan fingerprint density at radius 3 is 1.23 bits per heavy atom. The van der Waals surface area contributed by atoms with E-state index in [1.807, 2.05) is 48.5 Å². The zero-order valence-corrected chi connectivity index (χ0v) is 38.4. The third kappa shape index (κ3) is 7.09. The topological polar surface area (TPSA) is 64.7 Å². The molecule has 14 rings (SSSR count). The first-order valence-electron chi connectivity index (χ1n) is 24.2. The Hall–Kier alpha value is -9.32. The Morgan fingerprint density at radius 1 is 0.268 bits per heavy atom. The zero-order valence-electron chi connectivity index (χ0n) is 38.4. The van der Waals surface area contributed by atoms with Gasteiger partial charge in [-0.25, -0.2) is 19.9 Å². The largest absolute Gasteiger partial charge is 0.436 e. The SMILES string of the molecule is c1ccc(-c2cccc(C3c4ccccc4-c4cc(-c5nc(-c6ccc(-c7nc8ccccc8o7)cc6)nc(-c6ccc7c(c6)-c6ccccc6C7c6cccc(-c7ccccc7)c6)n5)ccc43)c2)cc1. The van der Waals surface area contributed by atoms with Crippen molar-refractivity contribution in [3.8, 4) is 90.1 Å². The van der Waals surface area contributed by atoms with Gasteiger partial charge in [-0.05, 0) is 114 Å². The van der Waals surface area contributed by atoms with Crippen molar-refractivity contribution in [1.82, 2.24) is 19.9 Å². The van der Waals surface area contributed by atoms with E-state index in [2.05, 4.69) is 194 Å². The molecule has 0 bridgehead atoms. The molecule has 0 saturated carbocycles. The van der Waals surface area contributed by atoms with Gasteiger partial charge in [-0.1, -0.05) is 206 Å². The summed E-state index contributed by atoms with van der Waals surface area (Å²) in [4.78, 5) is 20.7. The van der Waals surface area contributed by atoms with E-state index in [0.717, 1.165) is 33.4 Å². The summed E-state index contributed by atoms with van der Waals surface area (Å²) in [5, 5.41) is 0. The molecular weight excluding hydrogens is 865 g/mol. The van der Waals surface area contributed by atoms with Crippen LogP contribution in [0.15, 0.2) is 247 Å². The van der Waals surface area contributed by atoms with Gasteiger partial charge in [-0.3, -0.25) is 0 Å². The molecule has 2 aromatic heterocycles. The normalized spacial score (nSPS) is 14.2. The Morgan fingerprint density at radius 2 is 0.690 bits per heavy atom. The van der Waals surface area contributed by atoms with Crippen molar-refractivity contribution >= 4 is 11.1 Å². The second kappa shape index (κ2) is 16.7. The summed E-state index contributed by atoms with van der Waals surface area (Å²) in [6.45, 7) is 0. The minimum absolute atomic E-state index is 0.0853. The van der Waals surface area contributed by atoms with Crippen molar-refractivity contribution in [3.63, 3.8) is 0 Å². The van der Waals surface area contributed by atoms with Gasteiger partial charge in [0.15, 0.2) is 23.1 Å². The molecule has 0 spiro atoms. The minimum Gasteiger partial charge on any atom is -0.436 e. The lowest BCUT2D eigenvalue weighted by molar-refractivity contribution is 0.620. The van der Waals surface area contributed by atoms with Gasteiger partial charge >= 0.3 is 0 Å². The third-order valence-corrected chi connectivity index (χ3v) is 14.3. The van der Waals surface area contributed by atoms with Crippen LogP contribution in [0.25, 0.3) is 101 Å². The number of hydrogen-bond donors (Lipinski definition) is 0. The summed E-state index contributed by atoms with van der Waals surface area (Å²) < 4.78 is 6.15. The summed E-state index contributed by atoms with van der Waals surface area (Å²) in [5.41, 5.74) is 22.5. The molecule has 2 unspecified atom stereocenters. The average Bonchev–Trinajstić information content (AvgIpc) is 4.14. The molecule has 0 saturated heterocycles. The van der Waals surface area contributed by atoms with Crippen molar-refractivity contribution in [2.75, 3.05) is 0 Å². The highest BCUT2D eigenvalue weighted by atomic mass is 16.3. The van der Waals surface area contributed by atoms with Gasteiger partial charge in [0.05, 0.1) is 0 Å². The molecule has 0 amide bonds. The van der Waals surface area contributed by atoms with Crippen molar-refractivity contribution in [3.05, 3.63) is 276 Å². The summed E-state index contributed by atoms with van der Waals surface area (Å²) in [5.74, 6) is 2.55. The van der Waals surface area contributed by atoms with Crippen LogP contribution in [0.4, 0.5) is 0 Å². The van der Waals surface area contributed by atoms with Crippen LogP contribution in [-0.4, -0.2) is 19.9 Å². The molecule has 2 heterocycles. The van der Waals surface area contributed by atoms with E-state index in [-0.39, 0.29) is 11.8 Å². The lowest BCUT2D eigenvalue weighted by atomic mass is 9.87. The fourth-order valence-electron chi connectivity index (χ4n) is 11.0. The molecule has 2 atom stereocenters. The maximum Gasteiger partial charge on any atom is 0.227 e. The molecule has 0 fully saturated rings. The van der Waals surface area contributed by atoms with E-state index in [1.165, 1.54) is 77.9 Å². The van der Waals surface area contributed by atoms with Crippen LogP contribution in [0.5, 0.6) is 0 Å². The molecule has 2 aliphatic rings. The fourth-order valence-corrected chi connectivity index (χ4v) is 11.0. The maximum atomic E-state index is 6.15. The van der Waals surface area contributed by atoms with Crippen LogP contribution >= 0.6 is 0 Å². The molecule has 2 aliphatic carbocycles. The summed E-state index contributed by atoms with van der Waals surface area (Å²) in [6.07, 6.45) is 0. The Bertz CT molecular complexity index is 3780. The smallest absolute Gasteiger partial charge is 0.227 e. The summed E-state index contributed by atoms with van der Waals surface area (Å²) in [7, 11) is 0. The second-order valence-electron chi connectivity index (χ2n) is 18.5. The van der Waals surface area contributed by atoms with Gasteiger partial charge in [-0.15, -0.1) is 0 Å². The maximum absolute atomic E-state index is 6.15. The molecule has 0 N–H and O–H groups in total. The number of para-hydroxylation sites is 2. The van der Waals surface area contributed by atoms with E-state index >= 15 is 0 Å². The molecule has 0 aliphatic heterocycles. The first-order valence-corrected chi connectivity index (χ1v) is 24.2. The highest BCUT2D eigenvalue weighted by Gasteiger charge is 2.32. The fraction of sp³-hybridized carbons (Fsp3) is 0.0303. The molecular formula is C66H42N4O. The zero-order chi connectivity index (χ0) is 46.8. The van der Waals surface area contributed by atoms with Gasteiger partial charge in [0.1, 0.15) is 5.52 Å². The number of aromatic nitrogens is 4. The molecule has 5 heteroatoms. The number of rotatable bonds is 8. The number of fused-ring (bicyclic) bond motifs is 7. The highest BCUT2D eigenvalue weighted by Crippen LogP contribution is 2.51. The molecule has 0 radical (unpaired) electrons. The number of benzene rings is 10. The van der Waals surface area contributed by atoms with Crippen LogP contribution in [-0.2, 0) is 0 Å². The van der Waals surface area contributed by atoms with Crippen molar-refractivity contribution in [2.45, 2.75) is 11.8 Å². The van der Waals surface area contributed by atoms with E-state index in [4.69, 9.17) is 24.4 Å². The van der Waals surface area contributed by atoms with Crippen LogP contribution in [0, 0.1) is 0 Å². The Balaban J connectivity index is 0.891. The van der Waals surface area contributed by atoms with Gasteiger partial charge in [-0.2, -0.15) is 0 Å². The Kier molecular flexibility index (Phi) is 9.59. The first kappa shape index (κ1) is 40.7. The lowest BCUT2D eigenvalue weighted by Gasteiger charge is -2.16. The standard InChI is InChI=1S/C66H42N4O/c1-3-15-41(16-4-1)45-19-13-21-47(37-45)61-53-25-9-7-23-51(53)57-39-49(33-35-55(57)61)64-68-63(43-29-31-44(32-30-43)66-67-59-27-11-12-28-60(59)71-66)69-65(70-64)50-34-36-56-58(40-50)52-24-8-10-26-54(52)62(56)48-22-14-20-46(38-48)42-17-5-2-6-18-42/h1-40,61-62H. The van der Waals surface area contributed by atoms with Gasteiger partial charge in [0.2, 0.25) is 5.89 Å². The average molecular weight is 907 g/mol. The van der Waals surface area contributed by atoms with Crippen molar-refractivity contribution in [2.24, 2.45) is 0 Å². The van der Waals surface area contributed by atoms with Crippen LogP contribution in [0.3, 0.4) is 0 Å². The van der Waals surface area contributed by atoms with Crippen LogP contribution < -0.4 is 0 Å². The van der Waals surface area contributed by atoms with E-state index in [1.54, 1.807) is 0 Å². The van der Waals surface area contributed by atoms with E-state index in [9.17, 15) is 0 Å². The van der Waals surface area contributed by atoms with Crippen LogP contribution in [0.2, 0.25) is 0 Å². The molecule has 332 valence electrons. The molecule has 5 nitrogen and oxygen atoms in total. The van der Waals surface area contributed by atoms with Gasteiger partial charge in [0.25, 0.3) is 0 Å². The van der Waals surface area contributed by atoms with Gasteiger partial charge in [0, 0.05) is 34.1 Å². The third-order valence-electron chi connectivity index (χ3n) is 14.3. The molecule has 10 aromatic carbocycles. The monoisotopic (exact) mass is 906 g/mol. The van der Waals surface area contributed by atoms with E-state index < -0.39 is 0 Å². The minimum atomic E-state index is 0.0853. The first-order chi connectivity index (χ1) is 35.2. The van der Waals surface area contributed by atoms with Crippen molar-refractivity contribution in [1.29, 1.82) is 0 Å². The number of nitrogens with zero attached hydrogens (tertiary/aromatic N) is 4. The predicted molar refractivity (Wildman–Crippen MR) is 286 cm³/mol. The predicted octanol–water partition coefficient (Wildman–Crippen LogP) is 16.3. The van der Waals surface area contributed by atoms with Crippen LogP contribution in [0.1, 0.15) is 45.2 Å². The lowest BCUT2D eigenvalue weighted by Crippen LogP contribution is -2.02. The van der Waals surface area contributed by atoms with Gasteiger partial charge < -0.3 is 4.42 Å². The quantitative estimate of drug-likeness (QED) is 0.152. The summed E-state index contributed by atoms with van der Waals surface area (Å²) in [6, 6.07) is 86.3. The summed E-state index contributed by atoms with van der Waals surface area (Å²) >= 11 is 0. The molecule has 12 aromatic rings. The molecule has 71 heavy (non-hydrogen) atoms. The number of hydrogen-bond acceptors (Lipinski definition) is 5. The van der Waals surface area contributed by atoms with E-state index in [0.29, 0.717) is 23.4 Å². The number of oxazole rings is 1. The Labute approximate surface area is 411 Å². The second-order valence-corrected chi connectivity index (χ2v) is 18.5. The van der Waals surface area contributed by atoms with Crippen molar-refractivity contribution < 1.29 is 4.42 Å².